The van der Waals surface area contributed by atoms with E-state index < -0.39 is 0 Å². The Morgan fingerprint density at radius 1 is 1.18 bits per heavy atom. The molecule has 0 aliphatic rings. The van der Waals surface area contributed by atoms with Crippen LogP contribution in [0.1, 0.15) is 29.9 Å². The van der Waals surface area contributed by atoms with Crippen molar-refractivity contribution in [2.75, 3.05) is 11.9 Å². The van der Waals surface area contributed by atoms with Crippen LogP contribution in [0.15, 0.2) is 42.6 Å². The van der Waals surface area contributed by atoms with E-state index in [0.717, 1.165) is 17.8 Å². The molecule has 0 spiro atoms. The largest absolute Gasteiger partial charge is 0.384 e. The molecule has 0 saturated heterocycles. The Balaban J connectivity index is 1.88. The lowest BCUT2D eigenvalue weighted by atomic mass is 10.2. The molecular weight excluding hydrogens is 281 g/mol. The van der Waals surface area contributed by atoms with Crippen LogP contribution in [0, 0.1) is 11.7 Å². The van der Waals surface area contributed by atoms with Crippen molar-refractivity contribution >= 4 is 11.6 Å². The lowest BCUT2D eigenvalue weighted by molar-refractivity contribution is 0.0946. The van der Waals surface area contributed by atoms with Crippen LogP contribution in [0.3, 0.4) is 0 Å². The maximum Gasteiger partial charge on any atom is 0.270 e. The van der Waals surface area contributed by atoms with Gasteiger partial charge in [0.25, 0.3) is 5.91 Å². The molecule has 0 unspecified atom stereocenters. The molecule has 0 bridgehead atoms. The zero-order chi connectivity index (χ0) is 15.9. The number of pyridine rings is 1. The smallest absolute Gasteiger partial charge is 0.270 e. The van der Waals surface area contributed by atoms with Crippen LogP contribution in [-0.4, -0.2) is 17.4 Å². The fourth-order valence-corrected chi connectivity index (χ4v) is 1.83. The van der Waals surface area contributed by atoms with Gasteiger partial charge in [-0.3, -0.25) is 4.79 Å². The third-order valence-corrected chi connectivity index (χ3v) is 3.08. The van der Waals surface area contributed by atoms with E-state index in [4.69, 9.17) is 0 Å². The minimum absolute atomic E-state index is 0.250. The van der Waals surface area contributed by atoms with E-state index in [2.05, 4.69) is 29.5 Å². The van der Waals surface area contributed by atoms with Crippen molar-refractivity contribution in [3.63, 3.8) is 0 Å². The van der Waals surface area contributed by atoms with Crippen molar-refractivity contribution in [2.24, 2.45) is 5.92 Å². The van der Waals surface area contributed by atoms with Gasteiger partial charge in [-0.1, -0.05) is 26.0 Å². The van der Waals surface area contributed by atoms with Crippen molar-refractivity contribution in [2.45, 2.75) is 20.4 Å². The van der Waals surface area contributed by atoms with Crippen molar-refractivity contribution in [1.82, 2.24) is 10.3 Å². The zero-order valence-electron chi connectivity index (χ0n) is 12.8. The number of rotatable bonds is 6. The van der Waals surface area contributed by atoms with Crippen LogP contribution in [0.2, 0.25) is 0 Å². The summed E-state index contributed by atoms with van der Waals surface area (Å²) in [4.78, 5) is 16.1. The number of benzene rings is 1. The summed E-state index contributed by atoms with van der Waals surface area (Å²) >= 11 is 0. The lowest BCUT2D eigenvalue weighted by Crippen LogP contribution is -2.23. The number of anilines is 1. The van der Waals surface area contributed by atoms with Crippen molar-refractivity contribution < 1.29 is 9.18 Å². The Kier molecular flexibility index (Phi) is 5.47. The highest BCUT2D eigenvalue weighted by atomic mass is 19.1. The molecule has 116 valence electrons. The second-order valence-electron chi connectivity index (χ2n) is 5.52. The predicted molar refractivity (Wildman–Crippen MR) is 85.1 cm³/mol. The molecule has 1 heterocycles. The molecule has 1 aromatic carbocycles. The standard InChI is InChI=1S/C17H20FN3O/c1-12(2)9-19-15-7-8-16(20-11-15)17(22)21-10-13-3-5-14(18)6-4-13/h3-8,11-12,19H,9-10H2,1-2H3,(H,21,22). The van der Waals surface area contributed by atoms with Crippen molar-refractivity contribution in [3.05, 3.63) is 59.7 Å². The quantitative estimate of drug-likeness (QED) is 0.861. The van der Waals surface area contributed by atoms with Crippen molar-refractivity contribution in [1.29, 1.82) is 0 Å². The lowest BCUT2D eigenvalue weighted by Gasteiger charge is -2.09. The maximum atomic E-state index is 12.8. The monoisotopic (exact) mass is 301 g/mol. The van der Waals surface area contributed by atoms with Crippen LogP contribution in [0.25, 0.3) is 0 Å². The summed E-state index contributed by atoms with van der Waals surface area (Å²) in [6.45, 7) is 5.45. The molecule has 0 fully saturated rings. The van der Waals surface area contributed by atoms with Crippen LogP contribution in [0.5, 0.6) is 0 Å². The Bertz CT molecular complexity index is 609. The molecule has 5 heteroatoms. The van der Waals surface area contributed by atoms with Gasteiger partial charge in [-0.2, -0.15) is 0 Å². The number of hydrogen-bond donors (Lipinski definition) is 2. The number of nitrogens with zero attached hydrogens (tertiary/aromatic N) is 1. The number of halogens is 1. The maximum absolute atomic E-state index is 12.8. The average molecular weight is 301 g/mol. The number of amides is 1. The fraction of sp³-hybridized carbons (Fsp3) is 0.294. The fourth-order valence-electron chi connectivity index (χ4n) is 1.83. The molecule has 4 nitrogen and oxygen atoms in total. The number of carbonyl (C=O) groups excluding carboxylic acids is 1. The Labute approximate surface area is 129 Å². The van der Waals surface area contributed by atoms with Gasteiger partial charge in [0, 0.05) is 13.1 Å². The van der Waals surface area contributed by atoms with Gasteiger partial charge in [-0.05, 0) is 35.7 Å². The number of nitrogens with one attached hydrogen (secondary N) is 2. The molecule has 1 aromatic heterocycles. The van der Waals surface area contributed by atoms with Gasteiger partial charge in [-0.15, -0.1) is 0 Å². The third kappa shape index (κ3) is 4.84. The van der Waals surface area contributed by atoms with Crippen LogP contribution in [0.4, 0.5) is 10.1 Å². The normalized spacial score (nSPS) is 10.5. The van der Waals surface area contributed by atoms with Gasteiger partial charge in [0.05, 0.1) is 11.9 Å². The molecule has 2 rings (SSSR count). The van der Waals surface area contributed by atoms with Gasteiger partial charge in [0.15, 0.2) is 0 Å². The SMILES string of the molecule is CC(C)CNc1ccc(C(=O)NCc2ccc(F)cc2)nc1. The van der Waals surface area contributed by atoms with E-state index in [9.17, 15) is 9.18 Å². The summed E-state index contributed by atoms with van der Waals surface area (Å²) in [5.41, 5.74) is 2.09. The molecular formula is C17H20FN3O. The third-order valence-electron chi connectivity index (χ3n) is 3.08. The molecule has 22 heavy (non-hydrogen) atoms. The van der Waals surface area contributed by atoms with Crippen LogP contribution in [-0.2, 0) is 6.54 Å². The van der Waals surface area contributed by atoms with Gasteiger partial charge >= 0.3 is 0 Å². The van der Waals surface area contributed by atoms with Gasteiger partial charge in [-0.25, -0.2) is 9.37 Å². The van der Waals surface area contributed by atoms with E-state index in [0.29, 0.717) is 18.2 Å². The summed E-state index contributed by atoms with van der Waals surface area (Å²) in [6, 6.07) is 9.54. The van der Waals surface area contributed by atoms with E-state index in [-0.39, 0.29) is 11.7 Å². The number of hydrogen-bond acceptors (Lipinski definition) is 3. The number of carbonyl (C=O) groups is 1. The van der Waals surface area contributed by atoms with E-state index in [1.54, 1.807) is 24.4 Å². The Hall–Kier alpha value is -2.43. The average Bonchev–Trinajstić information content (AvgIpc) is 2.52. The summed E-state index contributed by atoms with van der Waals surface area (Å²) in [6.07, 6.45) is 1.65. The molecule has 1 amide bonds. The minimum atomic E-state index is -0.291. The highest BCUT2D eigenvalue weighted by molar-refractivity contribution is 5.92. The molecule has 0 aliphatic heterocycles. The van der Waals surface area contributed by atoms with Crippen molar-refractivity contribution in [3.8, 4) is 0 Å². The molecule has 0 aliphatic carbocycles. The highest BCUT2D eigenvalue weighted by Gasteiger charge is 2.07. The minimum Gasteiger partial charge on any atom is -0.384 e. The van der Waals surface area contributed by atoms with Crippen LogP contribution < -0.4 is 10.6 Å². The molecule has 0 atom stereocenters. The van der Waals surface area contributed by atoms with Gasteiger partial charge < -0.3 is 10.6 Å². The van der Waals surface area contributed by atoms with E-state index in [1.165, 1.54) is 12.1 Å². The molecule has 2 aromatic rings. The summed E-state index contributed by atoms with van der Waals surface area (Å²) in [5, 5.41) is 6.00. The highest BCUT2D eigenvalue weighted by Crippen LogP contribution is 2.08. The molecule has 0 radical (unpaired) electrons. The van der Waals surface area contributed by atoms with E-state index >= 15 is 0 Å². The Morgan fingerprint density at radius 2 is 1.91 bits per heavy atom. The first-order valence-corrected chi connectivity index (χ1v) is 7.27. The first kappa shape index (κ1) is 15.9. The second-order valence-corrected chi connectivity index (χ2v) is 5.52. The van der Waals surface area contributed by atoms with E-state index in [1.807, 2.05) is 6.07 Å². The van der Waals surface area contributed by atoms with Crippen LogP contribution >= 0.6 is 0 Å². The number of aromatic nitrogens is 1. The summed E-state index contributed by atoms with van der Waals surface area (Å²) in [7, 11) is 0. The first-order chi connectivity index (χ1) is 10.5. The Morgan fingerprint density at radius 3 is 2.50 bits per heavy atom. The molecule has 0 saturated carbocycles. The summed E-state index contributed by atoms with van der Waals surface area (Å²) in [5.74, 6) is -0.000325. The topological polar surface area (TPSA) is 54.0 Å². The zero-order valence-corrected chi connectivity index (χ0v) is 12.8. The molecule has 2 N–H and O–H groups in total. The second kappa shape index (κ2) is 7.54. The summed E-state index contributed by atoms with van der Waals surface area (Å²) < 4.78 is 12.8. The van der Waals surface area contributed by atoms with Gasteiger partial charge in [0.2, 0.25) is 0 Å². The first-order valence-electron chi connectivity index (χ1n) is 7.27. The van der Waals surface area contributed by atoms with Gasteiger partial charge in [0.1, 0.15) is 11.5 Å². The predicted octanol–water partition coefficient (Wildman–Crippen LogP) is 3.22.